The maximum absolute atomic E-state index is 12.2. The van der Waals surface area contributed by atoms with Crippen molar-refractivity contribution in [3.05, 3.63) is 40.7 Å². The first-order valence-electron chi connectivity index (χ1n) is 6.25. The number of carbonyl (C=O) groups is 1. The first-order valence-corrected chi connectivity index (χ1v) is 8.11. The van der Waals surface area contributed by atoms with Gasteiger partial charge in [-0.05, 0) is 25.1 Å². The lowest BCUT2D eigenvalue weighted by molar-refractivity contribution is 0.0697. The number of carboxylic acid groups (broad SMARTS) is 1. The van der Waals surface area contributed by atoms with Crippen molar-refractivity contribution in [2.45, 2.75) is 24.9 Å². The van der Waals surface area contributed by atoms with Crippen LogP contribution in [0.2, 0.25) is 5.02 Å². The molecule has 0 amide bonds. The third-order valence-corrected chi connectivity index (χ3v) is 4.63. The molecular formula is C12H13ClN4O4S. The van der Waals surface area contributed by atoms with Crippen LogP contribution < -0.4 is 4.72 Å². The van der Waals surface area contributed by atoms with Crippen molar-refractivity contribution in [2.24, 2.45) is 0 Å². The second kappa shape index (κ2) is 6.42. The van der Waals surface area contributed by atoms with Crippen molar-refractivity contribution in [3.8, 4) is 0 Å². The van der Waals surface area contributed by atoms with E-state index in [9.17, 15) is 13.2 Å². The predicted octanol–water partition coefficient (Wildman–Crippen LogP) is 1.13. The van der Waals surface area contributed by atoms with Crippen LogP contribution in [0.4, 0.5) is 0 Å². The number of aromatic carboxylic acids is 1. The van der Waals surface area contributed by atoms with Crippen LogP contribution in [0.5, 0.6) is 0 Å². The fraction of sp³-hybridized carbons (Fsp3) is 0.250. The minimum atomic E-state index is -3.82. The van der Waals surface area contributed by atoms with Crippen molar-refractivity contribution in [1.82, 2.24) is 19.7 Å². The molecule has 0 radical (unpaired) electrons. The number of aromatic nitrogens is 3. The molecule has 2 N–H and O–H groups in total. The van der Waals surface area contributed by atoms with Crippen molar-refractivity contribution in [3.63, 3.8) is 0 Å². The summed E-state index contributed by atoms with van der Waals surface area (Å²) in [6.07, 6.45) is 1.46. The van der Waals surface area contributed by atoms with E-state index in [4.69, 9.17) is 16.7 Å². The summed E-state index contributed by atoms with van der Waals surface area (Å²) in [5, 5.41) is 16.2. The molecule has 10 heteroatoms. The van der Waals surface area contributed by atoms with Crippen LogP contribution in [0, 0.1) is 0 Å². The minimum absolute atomic E-state index is 0.0154. The second-order valence-corrected chi connectivity index (χ2v) is 6.49. The van der Waals surface area contributed by atoms with Crippen molar-refractivity contribution < 1.29 is 18.3 Å². The van der Waals surface area contributed by atoms with Gasteiger partial charge in [-0.25, -0.2) is 22.6 Å². The molecule has 1 aromatic carbocycles. The number of nitrogens with one attached hydrogen (secondary N) is 1. The number of nitrogens with zero attached hydrogens (tertiary/aromatic N) is 3. The minimum Gasteiger partial charge on any atom is -0.478 e. The lowest BCUT2D eigenvalue weighted by Crippen LogP contribution is -2.24. The fourth-order valence-corrected chi connectivity index (χ4v) is 3.12. The van der Waals surface area contributed by atoms with Crippen molar-refractivity contribution in [2.75, 3.05) is 0 Å². The summed E-state index contributed by atoms with van der Waals surface area (Å²) >= 11 is 5.78. The summed E-state index contributed by atoms with van der Waals surface area (Å²) in [6, 6.07) is 3.44. The molecule has 22 heavy (non-hydrogen) atoms. The van der Waals surface area contributed by atoms with Gasteiger partial charge in [0, 0.05) is 6.54 Å². The number of rotatable bonds is 6. The maximum atomic E-state index is 12.2. The number of halogens is 1. The third-order valence-electron chi connectivity index (χ3n) is 2.92. The second-order valence-electron chi connectivity index (χ2n) is 4.31. The van der Waals surface area contributed by atoms with Crippen molar-refractivity contribution >= 4 is 27.6 Å². The van der Waals surface area contributed by atoms with E-state index >= 15 is 0 Å². The van der Waals surface area contributed by atoms with Crippen molar-refractivity contribution in [1.29, 1.82) is 0 Å². The third kappa shape index (κ3) is 3.43. The Morgan fingerprint density at radius 2 is 2.18 bits per heavy atom. The number of sulfonamides is 1. The van der Waals surface area contributed by atoms with Crippen LogP contribution >= 0.6 is 11.6 Å². The summed E-state index contributed by atoms with van der Waals surface area (Å²) in [5.41, 5.74) is 0.452. The van der Waals surface area contributed by atoms with Gasteiger partial charge in [0.1, 0.15) is 0 Å². The SMILES string of the molecule is CCn1nncc1CNS(=O)(=O)c1ccc(C(=O)O)c(Cl)c1. The Kier molecular flexibility index (Phi) is 4.79. The first-order chi connectivity index (χ1) is 10.3. The molecule has 2 rings (SSSR count). The molecular weight excluding hydrogens is 332 g/mol. The molecule has 1 aromatic heterocycles. The average Bonchev–Trinajstić information content (AvgIpc) is 2.92. The van der Waals surface area contributed by atoms with E-state index in [2.05, 4.69) is 15.0 Å². The van der Waals surface area contributed by atoms with Gasteiger partial charge in [-0.1, -0.05) is 16.8 Å². The smallest absolute Gasteiger partial charge is 0.337 e. The molecule has 118 valence electrons. The van der Waals surface area contributed by atoms with E-state index in [1.165, 1.54) is 12.3 Å². The monoisotopic (exact) mass is 344 g/mol. The van der Waals surface area contributed by atoms with E-state index in [0.717, 1.165) is 12.1 Å². The summed E-state index contributed by atoms with van der Waals surface area (Å²) in [5.74, 6) is -1.22. The highest BCUT2D eigenvalue weighted by molar-refractivity contribution is 7.89. The zero-order valence-corrected chi connectivity index (χ0v) is 13.1. The van der Waals surface area contributed by atoms with Gasteiger partial charge in [0.2, 0.25) is 10.0 Å². The van der Waals surface area contributed by atoms with Gasteiger partial charge in [0.05, 0.1) is 33.9 Å². The lowest BCUT2D eigenvalue weighted by Gasteiger charge is -2.08. The van der Waals surface area contributed by atoms with Gasteiger partial charge < -0.3 is 5.11 Å². The van der Waals surface area contributed by atoms with Gasteiger partial charge in [-0.15, -0.1) is 5.10 Å². The molecule has 0 saturated carbocycles. The summed E-state index contributed by atoms with van der Waals surface area (Å²) in [6.45, 7) is 2.44. The number of hydrogen-bond donors (Lipinski definition) is 2. The van der Waals surface area contributed by atoms with Gasteiger partial charge in [-0.2, -0.15) is 0 Å². The maximum Gasteiger partial charge on any atom is 0.337 e. The molecule has 0 fully saturated rings. The molecule has 0 spiro atoms. The molecule has 0 aliphatic heterocycles. The molecule has 0 aliphatic rings. The largest absolute Gasteiger partial charge is 0.478 e. The topological polar surface area (TPSA) is 114 Å². The number of hydrogen-bond acceptors (Lipinski definition) is 5. The molecule has 0 aliphatic carbocycles. The Balaban J connectivity index is 2.20. The van der Waals surface area contributed by atoms with Crippen LogP contribution in [0.3, 0.4) is 0 Å². The summed E-state index contributed by atoms with van der Waals surface area (Å²) in [4.78, 5) is 10.8. The Morgan fingerprint density at radius 1 is 1.45 bits per heavy atom. The average molecular weight is 345 g/mol. The molecule has 0 unspecified atom stereocenters. The summed E-state index contributed by atoms with van der Waals surface area (Å²) in [7, 11) is -3.82. The van der Waals surface area contributed by atoms with E-state index in [1.807, 2.05) is 6.92 Å². The first kappa shape index (κ1) is 16.4. The highest BCUT2D eigenvalue weighted by Gasteiger charge is 2.18. The van der Waals surface area contributed by atoms with E-state index in [-0.39, 0.29) is 22.0 Å². The number of carboxylic acids is 1. The molecule has 0 atom stereocenters. The van der Waals surface area contributed by atoms with Crippen LogP contribution in [0.1, 0.15) is 23.0 Å². The zero-order chi connectivity index (χ0) is 16.3. The Labute approximate surface area is 131 Å². The zero-order valence-electron chi connectivity index (χ0n) is 11.5. The molecule has 2 aromatic rings. The Hall–Kier alpha value is -1.97. The lowest BCUT2D eigenvalue weighted by atomic mass is 10.2. The van der Waals surface area contributed by atoms with Crippen LogP contribution in [-0.4, -0.2) is 34.5 Å². The highest BCUT2D eigenvalue weighted by atomic mass is 35.5. The number of aryl methyl sites for hydroxylation is 1. The quantitative estimate of drug-likeness (QED) is 0.811. The molecule has 1 heterocycles. The highest BCUT2D eigenvalue weighted by Crippen LogP contribution is 2.21. The Bertz CT molecular complexity index is 803. The summed E-state index contributed by atoms with van der Waals surface area (Å²) < 4.78 is 28.3. The van der Waals surface area contributed by atoms with Crippen LogP contribution in [0.15, 0.2) is 29.3 Å². The van der Waals surface area contributed by atoms with Gasteiger partial charge >= 0.3 is 5.97 Å². The van der Waals surface area contributed by atoms with Gasteiger partial charge in [-0.3, -0.25) is 0 Å². The molecule has 0 saturated heterocycles. The van der Waals surface area contributed by atoms with E-state index in [1.54, 1.807) is 4.68 Å². The van der Waals surface area contributed by atoms with E-state index in [0.29, 0.717) is 12.2 Å². The number of benzene rings is 1. The van der Waals surface area contributed by atoms with Crippen LogP contribution in [-0.2, 0) is 23.1 Å². The van der Waals surface area contributed by atoms with Gasteiger partial charge in [0.25, 0.3) is 0 Å². The molecule has 0 bridgehead atoms. The normalized spacial score (nSPS) is 11.5. The van der Waals surface area contributed by atoms with Gasteiger partial charge in [0.15, 0.2) is 0 Å². The van der Waals surface area contributed by atoms with Crippen LogP contribution in [0.25, 0.3) is 0 Å². The fourth-order valence-electron chi connectivity index (χ4n) is 1.77. The predicted molar refractivity (Wildman–Crippen MR) is 78.1 cm³/mol. The molecule has 8 nitrogen and oxygen atoms in total. The Morgan fingerprint density at radius 3 is 2.77 bits per heavy atom. The van der Waals surface area contributed by atoms with E-state index < -0.39 is 16.0 Å². The standard InChI is InChI=1S/C12H13ClN4O4S/c1-2-17-8(6-14-16-17)7-15-22(20,21)9-3-4-10(12(18)19)11(13)5-9/h3-6,15H,2,7H2,1H3,(H,18,19).